The lowest BCUT2D eigenvalue weighted by atomic mass is 9.93. The molecule has 1 heterocycles. The second-order valence-corrected chi connectivity index (χ2v) is 23.7. The zero-order valence-electron chi connectivity index (χ0n) is 40.6. The molecule has 2 aliphatic rings. The van der Waals surface area contributed by atoms with Gasteiger partial charge in [0.2, 0.25) is 0 Å². The van der Waals surface area contributed by atoms with Crippen LogP contribution < -0.4 is 20.1 Å². The Morgan fingerprint density at radius 1 is 0.553 bits per heavy atom. The molecule has 21 nitrogen and oxygen atoms in total. The molecule has 1 aliphatic carbocycles. The summed E-state index contributed by atoms with van der Waals surface area (Å²) >= 11 is 0. The van der Waals surface area contributed by atoms with Crippen LogP contribution in [-0.2, 0) is 40.3 Å². The molecular formula is C51H44N4O17S4. The Morgan fingerprint density at radius 3 is 1.72 bits per heavy atom. The third-order valence-corrected chi connectivity index (χ3v) is 16.9. The highest BCUT2D eigenvalue weighted by atomic mass is 32.2. The molecule has 25 heteroatoms. The molecule has 394 valence electrons. The number of sulfonamides is 2. The molecule has 0 fully saturated rings. The van der Waals surface area contributed by atoms with Gasteiger partial charge in [0.25, 0.3) is 40.3 Å². The molecule has 1 aliphatic heterocycles. The van der Waals surface area contributed by atoms with Gasteiger partial charge in [-0.2, -0.15) is 16.8 Å². The van der Waals surface area contributed by atoms with Crippen LogP contribution in [0.5, 0.6) is 11.5 Å². The first kappa shape index (κ1) is 53.9. The number of phenolic OH excluding ortho intramolecular Hbond substituents is 1. The summed E-state index contributed by atoms with van der Waals surface area (Å²) in [7, 11) is -19.5. The molecule has 6 aromatic rings. The van der Waals surface area contributed by atoms with Crippen molar-refractivity contribution in [3.8, 4) is 33.9 Å². The predicted molar refractivity (Wildman–Crippen MR) is 279 cm³/mol. The molecule has 0 unspecified atom stereocenters. The topological polar surface area (TPSA) is 354 Å². The van der Waals surface area contributed by atoms with Crippen molar-refractivity contribution >= 4 is 91.6 Å². The molecule has 0 radical (unpaired) electrons. The van der Waals surface area contributed by atoms with E-state index in [2.05, 4.69) is 19.8 Å². The first-order chi connectivity index (χ1) is 35.4. The largest absolute Gasteiger partial charge is 0.507 e. The zero-order chi connectivity index (χ0) is 55.7. The van der Waals surface area contributed by atoms with Crippen molar-refractivity contribution < 1.29 is 77.2 Å². The minimum atomic E-state index is -5.26. The van der Waals surface area contributed by atoms with Gasteiger partial charge in [-0.05, 0) is 123 Å². The monoisotopic (exact) mass is 1110 g/mol. The van der Waals surface area contributed by atoms with E-state index < -0.39 is 94.9 Å². The summed E-state index contributed by atoms with van der Waals surface area (Å²) in [6, 6.07) is 21.8. The van der Waals surface area contributed by atoms with Crippen LogP contribution in [0.15, 0.2) is 132 Å². The van der Waals surface area contributed by atoms with Gasteiger partial charge in [-0.25, -0.2) is 31.4 Å². The summed E-state index contributed by atoms with van der Waals surface area (Å²) in [6.07, 6.45) is 0. The summed E-state index contributed by atoms with van der Waals surface area (Å²) in [6.45, 7) is 9.57. The van der Waals surface area contributed by atoms with Gasteiger partial charge in [-0.1, -0.05) is 42.5 Å². The average molecular weight is 1110 g/mol. The Kier molecular flexibility index (Phi) is 13.8. The van der Waals surface area contributed by atoms with Crippen LogP contribution in [0.1, 0.15) is 54.1 Å². The molecule has 76 heavy (non-hydrogen) atoms. The van der Waals surface area contributed by atoms with Gasteiger partial charge < -0.3 is 30.2 Å². The fourth-order valence-electron chi connectivity index (χ4n) is 8.93. The molecular weight excluding hydrogens is 1070 g/mol. The first-order valence-electron chi connectivity index (χ1n) is 22.2. The zero-order valence-corrected chi connectivity index (χ0v) is 43.8. The van der Waals surface area contributed by atoms with Gasteiger partial charge in [0.1, 0.15) is 42.2 Å². The number of fused-ring (bicyclic) bond motifs is 2. The van der Waals surface area contributed by atoms with Crippen LogP contribution in [0.4, 0.5) is 28.4 Å². The van der Waals surface area contributed by atoms with Crippen LogP contribution in [0.25, 0.3) is 33.4 Å². The molecule has 0 saturated carbocycles. The van der Waals surface area contributed by atoms with E-state index in [9.17, 15) is 72.8 Å². The number of hydrogen-bond donors (Lipinski definition) is 9. The summed E-state index contributed by atoms with van der Waals surface area (Å²) in [4.78, 5) is 25.5. The van der Waals surface area contributed by atoms with E-state index in [1.807, 2.05) is 0 Å². The number of carbonyl (C=O) groups is 2. The summed E-state index contributed by atoms with van der Waals surface area (Å²) in [5.74, 6) is -5.40. The normalized spacial score (nSPS) is 12.5. The van der Waals surface area contributed by atoms with Crippen LogP contribution >= 0.6 is 0 Å². The fourth-order valence-corrected chi connectivity index (χ4v) is 12.9. The highest BCUT2D eigenvalue weighted by Gasteiger charge is 2.30. The quantitative estimate of drug-likeness (QED) is 0.0362. The first-order valence-corrected chi connectivity index (χ1v) is 28.0. The highest BCUT2D eigenvalue weighted by molar-refractivity contribution is 7.93. The number of para-hydroxylation sites is 1. The summed E-state index contributed by atoms with van der Waals surface area (Å²) < 4.78 is 140. The molecule has 0 saturated heterocycles. The Balaban J connectivity index is 1.34. The van der Waals surface area contributed by atoms with Crippen molar-refractivity contribution in [3.05, 3.63) is 153 Å². The Morgan fingerprint density at radius 2 is 1.12 bits per heavy atom. The van der Waals surface area contributed by atoms with E-state index >= 15 is 0 Å². The molecule has 9 N–H and O–H groups in total. The number of benzene rings is 7. The van der Waals surface area contributed by atoms with Crippen molar-refractivity contribution in [2.24, 2.45) is 4.99 Å². The van der Waals surface area contributed by atoms with Crippen molar-refractivity contribution in [1.82, 2.24) is 0 Å². The van der Waals surface area contributed by atoms with Crippen LogP contribution in [0, 0.1) is 41.5 Å². The number of aromatic hydroxyl groups is 2. The fraction of sp³-hybridized carbons (Fsp3) is 0.118. The average Bonchev–Trinajstić information content (AvgIpc) is 3.32. The van der Waals surface area contributed by atoms with Gasteiger partial charge in [0, 0.05) is 45.6 Å². The molecule has 0 spiro atoms. The smallest absolute Gasteiger partial charge is 0.339 e. The van der Waals surface area contributed by atoms with Gasteiger partial charge in [-0.15, -0.1) is 0 Å². The lowest BCUT2D eigenvalue weighted by molar-refractivity contribution is 0.0693. The number of rotatable bonds is 14. The maximum absolute atomic E-state index is 13.9. The van der Waals surface area contributed by atoms with Crippen LogP contribution in [0.3, 0.4) is 0 Å². The summed E-state index contributed by atoms with van der Waals surface area (Å²) in [5.41, 5.74) is 1.07. The van der Waals surface area contributed by atoms with E-state index in [1.165, 1.54) is 74.5 Å². The maximum atomic E-state index is 13.9. The number of aromatic carboxylic acids is 2. The number of carboxylic acids is 2. The van der Waals surface area contributed by atoms with Crippen molar-refractivity contribution in [1.29, 1.82) is 0 Å². The number of phenols is 2. The molecule has 0 atom stereocenters. The van der Waals surface area contributed by atoms with Gasteiger partial charge in [0.05, 0.1) is 28.0 Å². The standard InChI is InChI=1S/C51H44N4O17S4/c1-24-17-26(3)47(54-73(62,63)41-14-10-8-12-37(41)56)28(5)45(24)52-31-15-16-32-38(21-31)72-39-23-36(42(76(69,70)71)22-34(39)44(32)33-11-7-9-13-40(33)75(66,67)68)53-46-25(2)18-27(4)48(29(46)6)55-74(64,65)43-20-30(50(58)59)19-35(49(43)57)51(60)61/h7-23,52,54-57H,1-6H3,(H,58,59)(H,60,61)(H,66,67,68)(H,69,70,71). The third-order valence-electron chi connectivity index (χ3n) is 12.4. The molecule has 0 amide bonds. The molecule has 6 aromatic carbocycles. The summed E-state index contributed by atoms with van der Waals surface area (Å²) in [5, 5.41) is 43.3. The van der Waals surface area contributed by atoms with E-state index in [-0.39, 0.29) is 66.5 Å². The number of nitrogens with one attached hydrogen (secondary N) is 3. The van der Waals surface area contributed by atoms with Gasteiger partial charge >= 0.3 is 11.9 Å². The van der Waals surface area contributed by atoms with Gasteiger partial charge in [0.15, 0.2) is 5.75 Å². The molecule has 0 aromatic heterocycles. The second-order valence-electron chi connectivity index (χ2n) is 17.6. The van der Waals surface area contributed by atoms with Crippen molar-refractivity contribution in [2.75, 3.05) is 14.8 Å². The van der Waals surface area contributed by atoms with Crippen LogP contribution in [-0.4, -0.2) is 75.1 Å². The minimum absolute atomic E-state index is 0.0108. The lowest BCUT2D eigenvalue weighted by Gasteiger charge is -2.21. The Hall–Kier alpha value is -8.33. The second kappa shape index (κ2) is 19.4. The lowest BCUT2D eigenvalue weighted by Crippen LogP contribution is -2.18. The van der Waals surface area contributed by atoms with Crippen molar-refractivity contribution in [3.63, 3.8) is 0 Å². The van der Waals surface area contributed by atoms with Crippen molar-refractivity contribution in [2.45, 2.75) is 61.1 Å². The number of hydrogen-bond acceptors (Lipinski definition) is 15. The van der Waals surface area contributed by atoms with Crippen LogP contribution in [0.2, 0.25) is 0 Å². The molecule has 0 bridgehead atoms. The minimum Gasteiger partial charge on any atom is -0.507 e. The molecule has 8 rings (SSSR count). The Labute approximate surface area is 434 Å². The van der Waals surface area contributed by atoms with E-state index in [1.54, 1.807) is 39.8 Å². The van der Waals surface area contributed by atoms with Gasteiger partial charge in [-0.3, -0.25) is 18.5 Å². The number of aryl methyl sites for hydroxylation is 4. The highest BCUT2D eigenvalue weighted by Crippen LogP contribution is 2.45. The number of anilines is 4. The van der Waals surface area contributed by atoms with E-state index in [4.69, 9.17) is 4.42 Å². The predicted octanol–water partition coefficient (Wildman–Crippen LogP) is 8.93. The number of nitrogens with zero attached hydrogens (tertiary/aromatic N) is 1. The Bertz CT molecular complexity index is 4350. The SMILES string of the molecule is Cc1cc(C)c(NS(=O)(=O)c2cc(C(=O)O)cc(C(=O)O)c2O)c(C)c1N=c1cc2oc3cc(Nc4c(C)cc(C)c(NS(=O)(=O)c5ccccc5O)c4C)ccc3c(-c3ccccc3S(=O)(=O)O)c-2cc1S(=O)(=O)O. The van der Waals surface area contributed by atoms with E-state index in [0.717, 1.165) is 18.2 Å². The number of carboxylic acid groups (broad SMARTS) is 2. The third kappa shape index (κ3) is 10.1. The maximum Gasteiger partial charge on any atom is 0.339 e. The van der Waals surface area contributed by atoms with E-state index in [0.29, 0.717) is 45.8 Å².